The molecule has 0 aliphatic heterocycles. The smallest absolute Gasteiger partial charge is 0.336 e. The number of carbonyl (C=O) groups is 2. The van der Waals surface area contributed by atoms with E-state index < -0.39 is 34.2 Å². The van der Waals surface area contributed by atoms with E-state index in [0.717, 1.165) is 5.56 Å². The Morgan fingerprint density at radius 2 is 1.62 bits per heavy atom. The Kier molecular flexibility index (Phi) is 5.41. The predicted molar refractivity (Wildman–Crippen MR) is 73.2 cm³/mol. The van der Waals surface area contributed by atoms with Gasteiger partial charge in [0.25, 0.3) is 0 Å². The van der Waals surface area contributed by atoms with Crippen LogP contribution in [0, 0.1) is 6.92 Å². The summed E-state index contributed by atoms with van der Waals surface area (Å²) in [6.45, 7) is 2.98. The second-order valence-corrected chi connectivity index (χ2v) is 6.15. The molecule has 0 spiro atoms. The summed E-state index contributed by atoms with van der Waals surface area (Å²) >= 11 is 0. The first-order chi connectivity index (χ1) is 9.63. The van der Waals surface area contributed by atoms with Gasteiger partial charge < -0.3 is 10.2 Å². The van der Waals surface area contributed by atoms with Crippen LogP contribution >= 0.6 is 0 Å². The Labute approximate surface area is 121 Å². The minimum Gasteiger partial charge on any atom is -0.480 e. The number of rotatable bonds is 7. The van der Waals surface area contributed by atoms with Crippen LogP contribution in [0.15, 0.2) is 29.2 Å². The summed E-state index contributed by atoms with van der Waals surface area (Å²) in [7, 11) is -4.08. The minimum absolute atomic E-state index is 0.107. The highest BCUT2D eigenvalue weighted by molar-refractivity contribution is 7.89. The van der Waals surface area contributed by atoms with E-state index in [9.17, 15) is 18.0 Å². The predicted octanol–water partition coefficient (Wildman–Crippen LogP) is -0.253. The average molecular weight is 316 g/mol. The summed E-state index contributed by atoms with van der Waals surface area (Å²) < 4.78 is 26.0. The number of carboxylic acids is 2. The molecule has 0 aliphatic carbocycles. The van der Waals surface area contributed by atoms with Gasteiger partial charge in [0, 0.05) is 0 Å². The quantitative estimate of drug-likeness (QED) is 0.510. The van der Waals surface area contributed by atoms with Gasteiger partial charge in [-0.05, 0) is 26.0 Å². The molecule has 0 fully saturated rings. The lowest BCUT2D eigenvalue weighted by Gasteiger charge is -2.18. The van der Waals surface area contributed by atoms with Gasteiger partial charge >= 0.3 is 11.9 Å². The van der Waals surface area contributed by atoms with Gasteiger partial charge in [0.2, 0.25) is 10.0 Å². The fraction of sp³-hybridized carbons (Fsp3) is 0.333. The van der Waals surface area contributed by atoms with Crippen molar-refractivity contribution >= 4 is 22.0 Å². The van der Waals surface area contributed by atoms with Crippen molar-refractivity contribution in [2.75, 3.05) is 0 Å². The van der Waals surface area contributed by atoms with Gasteiger partial charge in [-0.25, -0.2) is 13.2 Å². The third kappa shape index (κ3) is 4.81. The highest BCUT2D eigenvalue weighted by atomic mass is 32.2. The molecule has 1 unspecified atom stereocenters. The summed E-state index contributed by atoms with van der Waals surface area (Å²) in [4.78, 5) is 21.6. The Bertz CT molecular complexity index is 626. The summed E-state index contributed by atoms with van der Waals surface area (Å²) in [5.74, 6) is -2.82. The molecule has 0 saturated heterocycles. The van der Waals surface area contributed by atoms with Crippen LogP contribution in [0.1, 0.15) is 12.5 Å². The van der Waals surface area contributed by atoms with Gasteiger partial charge in [-0.1, -0.05) is 17.7 Å². The van der Waals surface area contributed by atoms with Gasteiger partial charge in [-0.15, -0.1) is 0 Å². The maximum atomic E-state index is 12.0. The summed E-state index contributed by atoms with van der Waals surface area (Å²) in [6, 6.07) is 4.57. The second-order valence-electron chi connectivity index (χ2n) is 4.43. The third-order valence-electron chi connectivity index (χ3n) is 2.64. The van der Waals surface area contributed by atoms with E-state index in [1.54, 1.807) is 19.1 Å². The lowest BCUT2D eigenvalue weighted by molar-refractivity contribution is -0.142. The molecule has 116 valence electrons. The summed E-state index contributed by atoms with van der Waals surface area (Å²) in [6.07, 6.45) is -1.75. The van der Waals surface area contributed by atoms with Gasteiger partial charge in [0.05, 0.1) is 4.90 Å². The topological polar surface area (TPSA) is 133 Å². The molecule has 0 radical (unpaired) electrons. The normalized spacial score (nSPS) is 14.4. The molecule has 1 aromatic rings. The zero-order valence-electron chi connectivity index (χ0n) is 11.4. The lowest BCUT2D eigenvalue weighted by Crippen LogP contribution is -2.55. The number of aliphatic carboxylic acids is 2. The van der Waals surface area contributed by atoms with Crippen molar-refractivity contribution in [3.63, 3.8) is 0 Å². The largest absolute Gasteiger partial charge is 0.480 e. The Morgan fingerprint density at radius 3 is 2.05 bits per heavy atom. The number of carboxylic acid groups (broad SMARTS) is 2. The van der Waals surface area contributed by atoms with Crippen molar-refractivity contribution in [3.05, 3.63) is 29.8 Å². The van der Waals surface area contributed by atoms with E-state index in [2.05, 4.69) is 5.32 Å². The number of aryl methyl sites for hydroxylation is 1. The molecule has 4 N–H and O–H groups in total. The molecular formula is C12H16N2O6S. The first-order valence-corrected chi connectivity index (χ1v) is 7.42. The Hall–Kier alpha value is -1.97. The molecule has 1 aromatic carbocycles. The van der Waals surface area contributed by atoms with Crippen LogP contribution in [0.25, 0.3) is 0 Å². The van der Waals surface area contributed by atoms with Crippen molar-refractivity contribution in [3.8, 4) is 0 Å². The van der Waals surface area contributed by atoms with Crippen LogP contribution in [0.3, 0.4) is 0 Å². The average Bonchev–Trinajstić information content (AvgIpc) is 2.37. The Morgan fingerprint density at radius 1 is 1.10 bits per heavy atom. The molecule has 9 heteroatoms. The van der Waals surface area contributed by atoms with Gasteiger partial charge in [0.1, 0.15) is 6.04 Å². The molecule has 0 aromatic heterocycles. The van der Waals surface area contributed by atoms with Crippen molar-refractivity contribution in [1.29, 1.82) is 0 Å². The molecule has 1 rings (SSSR count). The van der Waals surface area contributed by atoms with E-state index >= 15 is 0 Å². The first kappa shape index (κ1) is 17.1. The van der Waals surface area contributed by atoms with Crippen LogP contribution in [0.2, 0.25) is 0 Å². The molecule has 0 heterocycles. The monoisotopic (exact) mass is 316 g/mol. The maximum Gasteiger partial charge on any atom is 0.336 e. The number of nitrogens with one attached hydrogen (secondary N) is 2. The van der Waals surface area contributed by atoms with Crippen LogP contribution in [0.4, 0.5) is 0 Å². The third-order valence-corrected chi connectivity index (χ3v) is 4.08. The lowest BCUT2D eigenvalue weighted by atomic mass is 10.2. The Balaban J connectivity index is 2.94. The van der Waals surface area contributed by atoms with Gasteiger partial charge in [-0.2, -0.15) is 4.72 Å². The number of sulfonamides is 1. The number of hydrogen-bond acceptors (Lipinski definition) is 5. The molecule has 0 amide bonds. The molecule has 0 bridgehead atoms. The standard InChI is InChI=1S/C12H16N2O6S/c1-7-3-5-9(6-4-7)21(19,20)14-10(12(17)18)13-8(2)11(15)16/h3-6,8,10,13-14H,1-2H3,(H,15,16)(H,17,18)/t8-,10?/m1/s1. The van der Waals surface area contributed by atoms with Crippen molar-refractivity contribution in [2.24, 2.45) is 0 Å². The molecule has 0 aliphatic rings. The van der Waals surface area contributed by atoms with Crippen LogP contribution < -0.4 is 10.0 Å². The van der Waals surface area contributed by atoms with E-state index in [1.807, 2.05) is 4.72 Å². The molecule has 8 nitrogen and oxygen atoms in total. The second kappa shape index (κ2) is 6.66. The highest BCUT2D eigenvalue weighted by Gasteiger charge is 2.28. The first-order valence-electron chi connectivity index (χ1n) is 5.94. The van der Waals surface area contributed by atoms with Crippen LogP contribution in [0.5, 0.6) is 0 Å². The summed E-state index contributed by atoms with van der Waals surface area (Å²) in [5, 5.41) is 19.9. The SMILES string of the molecule is Cc1ccc(S(=O)(=O)NC(N[C@H](C)C(=O)O)C(=O)O)cc1. The van der Waals surface area contributed by atoms with E-state index in [-0.39, 0.29) is 4.90 Å². The van der Waals surface area contributed by atoms with Crippen LogP contribution in [-0.2, 0) is 19.6 Å². The maximum absolute atomic E-state index is 12.0. The minimum atomic E-state index is -4.08. The number of benzene rings is 1. The van der Waals surface area contributed by atoms with Crippen LogP contribution in [-0.4, -0.2) is 42.8 Å². The van der Waals surface area contributed by atoms with E-state index in [0.29, 0.717) is 0 Å². The molecule has 21 heavy (non-hydrogen) atoms. The highest BCUT2D eigenvalue weighted by Crippen LogP contribution is 2.10. The van der Waals surface area contributed by atoms with Gasteiger partial charge in [-0.3, -0.25) is 10.1 Å². The zero-order chi connectivity index (χ0) is 16.2. The van der Waals surface area contributed by atoms with Crippen molar-refractivity contribution < 1.29 is 28.2 Å². The fourth-order valence-electron chi connectivity index (χ4n) is 1.42. The number of hydrogen-bond donors (Lipinski definition) is 4. The van der Waals surface area contributed by atoms with E-state index in [1.165, 1.54) is 19.1 Å². The molecule has 2 atom stereocenters. The van der Waals surface area contributed by atoms with Gasteiger partial charge in [0.15, 0.2) is 6.17 Å². The zero-order valence-corrected chi connectivity index (χ0v) is 12.2. The van der Waals surface area contributed by atoms with Crippen molar-refractivity contribution in [1.82, 2.24) is 10.0 Å². The fourth-order valence-corrected chi connectivity index (χ4v) is 2.53. The van der Waals surface area contributed by atoms with Crippen molar-refractivity contribution in [2.45, 2.75) is 31.0 Å². The summed E-state index contributed by atoms with van der Waals surface area (Å²) in [5.41, 5.74) is 0.848. The molecule has 0 saturated carbocycles. The molecular weight excluding hydrogens is 300 g/mol. The van der Waals surface area contributed by atoms with E-state index in [4.69, 9.17) is 10.2 Å².